The number of nitrogens with zero attached hydrogens (tertiary/aromatic N) is 1. The lowest BCUT2D eigenvalue weighted by Crippen LogP contribution is -2.28. The summed E-state index contributed by atoms with van der Waals surface area (Å²) in [5.74, 6) is 0.706. The van der Waals surface area contributed by atoms with Crippen molar-refractivity contribution in [2.24, 2.45) is 11.7 Å². The molecule has 0 radical (unpaired) electrons. The highest BCUT2D eigenvalue weighted by molar-refractivity contribution is 4.84. The molecule has 0 aromatic rings. The van der Waals surface area contributed by atoms with Crippen molar-refractivity contribution in [1.29, 1.82) is 0 Å². The van der Waals surface area contributed by atoms with Gasteiger partial charge in [0.1, 0.15) is 0 Å². The van der Waals surface area contributed by atoms with Gasteiger partial charge in [0.25, 0.3) is 0 Å². The van der Waals surface area contributed by atoms with Gasteiger partial charge in [0, 0.05) is 6.04 Å². The lowest BCUT2D eigenvalue weighted by atomic mass is 10.1. The molecule has 0 aromatic heterocycles. The molecular formula is C13H28N2. The topological polar surface area (TPSA) is 29.3 Å². The summed E-state index contributed by atoms with van der Waals surface area (Å²) >= 11 is 0. The van der Waals surface area contributed by atoms with Crippen LogP contribution in [0.3, 0.4) is 0 Å². The lowest BCUT2D eigenvalue weighted by Gasteiger charge is -2.22. The number of hydrogen-bond acceptors (Lipinski definition) is 2. The highest BCUT2D eigenvalue weighted by Gasteiger charge is 2.27. The summed E-state index contributed by atoms with van der Waals surface area (Å²) in [5.41, 5.74) is 5.63. The molecule has 0 aromatic carbocycles. The maximum Gasteiger partial charge on any atom is 0.00964 e. The van der Waals surface area contributed by atoms with Crippen LogP contribution in [-0.2, 0) is 0 Å². The molecule has 0 aliphatic heterocycles. The van der Waals surface area contributed by atoms with E-state index in [9.17, 15) is 0 Å². The highest BCUT2D eigenvalue weighted by Crippen LogP contribution is 2.27. The molecule has 1 fully saturated rings. The third kappa shape index (κ3) is 5.53. The van der Waals surface area contributed by atoms with Crippen LogP contribution < -0.4 is 5.73 Å². The molecule has 2 heteroatoms. The van der Waals surface area contributed by atoms with Crippen LogP contribution >= 0.6 is 0 Å². The maximum absolute atomic E-state index is 5.63. The second kappa shape index (κ2) is 7.24. The van der Waals surface area contributed by atoms with Crippen molar-refractivity contribution in [3.63, 3.8) is 0 Å². The van der Waals surface area contributed by atoms with Crippen LogP contribution in [0.4, 0.5) is 0 Å². The Morgan fingerprint density at radius 2 is 1.93 bits per heavy atom. The number of unbranched alkanes of at least 4 members (excludes halogenated alkanes) is 1. The SMILES string of the molecule is CCCCN(CCCC(C)CN)C1CC1. The van der Waals surface area contributed by atoms with Crippen LogP contribution in [0.1, 0.15) is 52.4 Å². The van der Waals surface area contributed by atoms with Gasteiger partial charge in [-0.3, -0.25) is 0 Å². The second-order valence-electron chi connectivity index (χ2n) is 5.10. The van der Waals surface area contributed by atoms with E-state index in [0.29, 0.717) is 5.92 Å². The van der Waals surface area contributed by atoms with Crippen molar-refractivity contribution in [1.82, 2.24) is 4.90 Å². The predicted molar refractivity (Wildman–Crippen MR) is 67.0 cm³/mol. The third-order valence-electron chi connectivity index (χ3n) is 3.41. The molecule has 90 valence electrons. The van der Waals surface area contributed by atoms with Gasteiger partial charge in [-0.25, -0.2) is 0 Å². The molecule has 0 bridgehead atoms. The monoisotopic (exact) mass is 212 g/mol. The minimum absolute atomic E-state index is 0.706. The van der Waals surface area contributed by atoms with E-state index in [4.69, 9.17) is 5.73 Å². The van der Waals surface area contributed by atoms with E-state index in [1.165, 1.54) is 51.6 Å². The van der Waals surface area contributed by atoms with Gasteiger partial charge in [-0.15, -0.1) is 0 Å². The quantitative estimate of drug-likeness (QED) is 0.636. The summed E-state index contributed by atoms with van der Waals surface area (Å²) < 4.78 is 0. The summed E-state index contributed by atoms with van der Waals surface area (Å²) in [5, 5.41) is 0. The van der Waals surface area contributed by atoms with Crippen molar-refractivity contribution in [2.75, 3.05) is 19.6 Å². The number of nitrogens with two attached hydrogens (primary N) is 1. The van der Waals surface area contributed by atoms with Gasteiger partial charge in [0.05, 0.1) is 0 Å². The standard InChI is InChI=1S/C13H28N2/c1-3-4-9-15(13-7-8-13)10-5-6-12(2)11-14/h12-13H,3-11,14H2,1-2H3. The van der Waals surface area contributed by atoms with E-state index in [-0.39, 0.29) is 0 Å². The molecule has 0 saturated heterocycles. The Balaban J connectivity index is 2.08. The largest absolute Gasteiger partial charge is 0.330 e. The van der Waals surface area contributed by atoms with E-state index < -0.39 is 0 Å². The fraction of sp³-hybridized carbons (Fsp3) is 1.00. The Morgan fingerprint density at radius 3 is 2.47 bits per heavy atom. The zero-order valence-corrected chi connectivity index (χ0v) is 10.5. The van der Waals surface area contributed by atoms with Gasteiger partial charge >= 0.3 is 0 Å². The van der Waals surface area contributed by atoms with Gasteiger partial charge in [-0.1, -0.05) is 20.3 Å². The van der Waals surface area contributed by atoms with E-state index in [2.05, 4.69) is 18.7 Å². The number of hydrogen-bond donors (Lipinski definition) is 1. The zero-order chi connectivity index (χ0) is 11.1. The zero-order valence-electron chi connectivity index (χ0n) is 10.5. The summed E-state index contributed by atoms with van der Waals surface area (Å²) in [4.78, 5) is 2.70. The van der Waals surface area contributed by atoms with Gasteiger partial charge in [-0.2, -0.15) is 0 Å². The molecule has 1 atom stereocenters. The van der Waals surface area contributed by atoms with Crippen molar-refractivity contribution >= 4 is 0 Å². The van der Waals surface area contributed by atoms with E-state index >= 15 is 0 Å². The Morgan fingerprint density at radius 1 is 1.27 bits per heavy atom. The molecule has 1 rings (SSSR count). The first-order valence-corrected chi connectivity index (χ1v) is 6.72. The molecular weight excluding hydrogens is 184 g/mol. The van der Waals surface area contributed by atoms with Crippen LogP contribution in [0, 0.1) is 5.92 Å². The van der Waals surface area contributed by atoms with Crippen LogP contribution in [-0.4, -0.2) is 30.6 Å². The van der Waals surface area contributed by atoms with Gasteiger partial charge in [-0.05, 0) is 57.7 Å². The minimum atomic E-state index is 0.706. The summed E-state index contributed by atoms with van der Waals surface area (Å²) in [6.07, 6.45) is 8.20. The Labute approximate surface area is 95.2 Å². The smallest absolute Gasteiger partial charge is 0.00964 e. The highest BCUT2D eigenvalue weighted by atomic mass is 15.2. The molecule has 15 heavy (non-hydrogen) atoms. The first-order valence-electron chi connectivity index (χ1n) is 6.72. The maximum atomic E-state index is 5.63. The molecule has 0 amide bonds. The summed E-state index contributed by atoms with van der Waals surface area (Å²) in [6, 6.07) is 0.935. The molecule has 0 heterocycles. The molecule has 1 unspecified atom stereocenters. The van der Waals surface area contributed by atoms with Gasteiger partial charge < -0.3 is 10.6 Å². The lowest BCUT2D eigenvalue weighted by molar-refractivity contribution is 0.248. The van der Waals surface area contributed by atoms with Gasteiger partial charge in [0.2, 0.25) is 0 Å². The molecule has 2 N–H and O–H groups in total. The first kappa shape index (κ1) is 13.0. The minimum Gasteiger partial charge on any atom is -0.330 e. The molecule has 1 aliphatic carbocycles. The molecule has 1 aliphatic rings. The van der Waals surface area contributed by atoms with Crippen molar-refractivity contribution in [3.05, 3.63) is 0 Å². The molecule has 2 nitrogen and oxygen atoms in total. The van der Waals surface area contributed by atoms with E-state index in [1.807, 2.05) is 0 Å². The van der Waals surface area contributed by atoms with Crippen molar-refractivity contribution < 1.29 is 0 Å². The fourth-order valence-electron chi connectivity index (χ4n) is 2.04. The van der Waals surface area contributed by atoms with Crippen LogP contribution in [0.15, 0.2) is 0 Å². The Hall–Kier alpha value is -0.0800. The van der Waals surface area contributed by atoms with Crippen LogP contribution in [0.25, 0.3) is 0 Å². The second-order valence-corrected chi connectivity index (χ2v) is 5.10. The van der Waals surface area contributed by atoms with Gasteiger partial charge in [0.15, 0.2) is 0 Å². The Bertz CT molecular complexity index is 155. The van der Waals surface area contributed by atoms with E-state index in [0.717, 1.165) is 12.6 Å². The number of rotatable bonds is 9. The molecule has 1 saturated carbocycles. The Kier molecular flexibility index (Phi) is 6.26. The van der Waals surface area contributed by atoms with Crippen LogP contribution in [0.2, 0.25) is 0 Å². The van der Waals surface area contributed by atoms with E-state index in [1.54, 1.807) is 0 Å². The average Bonchev–Trinajstić information content (AvgIpc) is 3.06. The van der Waals surface area contributed by atoms with Crippen molar-refractivity contribution in [3.8, 4) is 0 Å². The summed E-state index contributed by atoms with van der Waals surface area (Å²) in [7, 11) is 0. The summed E-state index contributed by atoms with van der Waals surface area (Å²) in [6.45, 7) is 8.00. The average molecular weight is 212 g/mol. The predicted octanol–water partition coefficient (Wildman–Crippen LogP) is 2.63. The third-order valence-corrected chi connectivity index (χ3v) is 3.41. The van der Waals surface area contributed by atoms with Crippen LogP contribution in [0.5, 0.6) is 0 Å². The fourth-order valence-corrected chi connectivity index (χ4v) is 2.04. The first-order chi connectivity index (χ1) is 7.27. The molecule has 0 spiro atoms. The van der Waals surface area contributed by atoms with Crippen molar-refractivity contribution in [2.45, 2.75) is 58.4 Å². The normalized spacial score (nSPS) is 18.4.